The Morgan fingerprint density at radius 1 is 1.26 bits per heavy atom. The van der Waals surface area contributed by atoms with Gasteiger partial charge in [-0.2, -0.15) is 0 Å². The SMILES string of the molecule is Cc1ccc(F)c(C(CO)Nc2ccccc2Cl)c1. The Bertz CT molecular complexity index is 574. The first-order valence-corrected chi connectivity index (χ1v) is 6.37. The Hall–Kier alpha value is -1.58. The van der Waals surface area contributed by atoms with Crippen LogP contribution in [0.2, 0.25) is 5.02 Å². The maximum absolute atomic E-state index is 13.8. The number of aryl methyl sites for hydroxylation is 1. The Morgan fingerprint density at radius 2 is 2.00 bits per heavy atom. The number of hydrogen-bond acceptors (Lipinski definition) is 2. The second-order valence-corrected chi connectivity index (χ2v) is 4.79. The Balaban J connectivity index is 2.30. The molecule has 1 atom stereocenters. The van der Waals surface area contributed by atoms with E-state index in [2.05, 4.69) is 5.32 Å². The van der Waals surface area contributed by atoms with E-state index in [9.17, 15) is 9.50 Å². The number of aliphatic hydroxyl groups excluding tert-OH is 1. The van der Waals surface area contributed by atoms with Gasteiger partial charge in [-0.25, -0.2) is 4.39 Å². The van der Waals surface area contributed by atoms with Crippen LogP contribution in [0.3, 0.4) is 0 Å². The largest absolute Gasteiger partial charge is 0.394 e. The van der Waals surface area contributed by atoms with Crippen LogP contribution in [0.5, 0.6) is 0 Å². The maximum Gasteiger partial charge on any atom is 0.128 e. The third-order valence-electron chi connectivity index (χ3n) is 2.91. The molecule has 0 amide bonds. The highest BCUT2D eigenvalue weighted by Crippen LogP contribution is 2.27. The molecule has 0 fully saturated rings. The molecule has 0 aromatic heterocycles. The summed E-state index contributed by atoms with van der Waals surface area (Å²) in [7, 11) is 0. The summed E-state index contributed by atoms with van der Waals surface area (Å²) < 4.78 is 13.8. The molecule has 19 heavy (non-hydrogen) atoms. The summed E-state index contributed by atoms with van der Waals surface area (Å²) >= 11 is 6.05. The van der Waals surface area contributed by atoms with Gasteiger partial charge in [0.05, 0.1) is 23.4 Å². The van der Waals surface area contributed by atoms with Crippen molar-refractivity contribution in [1.82, 2.24) is 0 Å². The average Bonchev–Trinajstić information content (AvgIpc) is 2.41. The van der Waals surface area contributed by atoms with Crippen molar-refractivity contribution >= 4 is 17.3 Å². The lowest BCUT2D eigenvalue weighted by molar-refractivity contribution is 0.274. The number of anilines is 1. The van der Waals surface area contributed by atoms with Gasteiger partial charge < -0.3 is 10.4 Å². The van der Waals surface area contributed by atoms with Gasteiger partial charge in [0.25, 0.3) is 0 Å². The molecular formula is C15H15ClFNO. The third kappa shape index (κ3) is 3.25. The third-order valence-corrected chi connectivity index (χ3v) is 3.24. The molecule has 0 saturated heterocycles. The van der Waals surface area contributed by atoms with Crippen molar-refractivity contribution in [2.75, 3.05) is 11.9 Å². The van der Waals surface area contributed by atoms with E-state index in [1.54, 1.807) is 24.3 Å². The lowest BCUT2D eigenvalue weighted by Gasteiger charge is -2.20. The van der Waals surface area contributed by atoms with Crippen molar-refractivity contribution in [1.29, 1.82) is 0 Å². The van der Waals surface area contributed by atoms with Crippen molar-refractivity contribution in [3.8, 4) is 0 Å². The zero-order valence-electron chi connectivity index (χ0n) is 10.5. The highest BCUT2D eigenvalue weighted by Gasteiger charge is 2.16. The first kappa shape index (κ1) is 13.8. The van der Waals surface area contributed by atoms with Gasteiger partial charge in [0, 0.05) is 5.56 Å². The second-order valence-electron chi connectivity index (χ2n) is 4.38. The van der Waals surface area contributed by atoms with Gasteiger partial charge in [0.15, 0.2) is 0 Å². The molecule has 1 unspecified atom stereocenters. The lowest BCUT2D eigenvalue weighted by Crippen LogP contribution is -2.16. The van der Waals surface area contributed by atoms with Crippen LogP contribution in [-0.2, 0) is 0 Å². The minimum absolute atomic E-state index is 0.217. The van der Waals surface area contributed by atoms with Crippen molar-refractivity contribution in [3.63, 3.8) is 0 Å². The fourth-order valence-electron chi connectivity index (χ4n) is 1.92. The van der Waals surface area contributed by atoms with Gasteiger partial charge in [-0.05, 0) is 25.1 Å². The number of halogens is 2. The molecular weight excluding hydrogens is 265 g/mol. The second kappa shape index (κ2) is 6.04. The summed E-state index contributed by atoms with van der Waals surface area (Å²) in [6, 6.07) is 11.5. The van der Waals surface area contributed by atoms with Crippen molar-refractivity contribution in [2.45, 2.75) is 13.0 Å². The number of hydrogen-bond donors (Lipinski definition) is 2. The van der Waals surface area contributed by atoms with Crippen molar-refractivity contribution < 1.29 is 9.50 Å². The predicted octanol–water partition coefficient (Wildman–Crippen LogP) is 3.93. The van der Waals surface area contributed by atoms with E-state index in [1.807, 2.05) is 19.1 Å². The summed E-state index contributed by atoms with van der Waals surface area (Å²) in [6.45, 7) is 1.67. The summed E-state index contributed by atoms with van der Waals surface area (Å²) in [5.41, 5.74) is 2.04. The smallest absolute Gasteiger partial charge is 0.128 e. The lowest BCUT2D eigenvalue weighted by atomic mass is 10.0. The van der Waals surface area contributed by atoms with Crippen LogP contribution in [0.4, 0.5) is 10.1 Å². The Kier molecular flexibility index (Phi) is 4.40. The fraction of sp³-hybridized carbons (Fsp3) is 0.200. The molecule has 0 spiro atoms. The molecule has 0 aliphatic rings. The van der Waals surface area contributed by atoms with Crippen LogP contribution in [0.15, 0.2) is 42.5 Å². The minimum atomic E-state index is -0.528. The highest BCUT2D eigenvalue weighted by molar-refractivity contribution is 6.33. The Morgan fingerprint density at radius 3 is 2.68 bits per heavy atom. The summed E-state index contributed by atoms with van der Waals surface area (Å²) in [5, 5.41) is 13.1. The van der Waals surface area contributed by atoms with Gasteiger partial charge in [0.2, 0.25) is 0 Å². The number of aliphatic hydroxyl groups is 1. The molecule has 0 radical (unpaired) electrons. The molecule has 0 saturated carbocycles. The molecule has 4 heteroatoms. The first-order valence-electron chi connectivity index (χ1n) is 6.00. The molecule has 2 N–H and O–H groups in total. The van der Waals surface area contributed by atoms with Crippen LogP contribution in [0.1, 0.15) is 17.2 Å². The van der Waals surface area contributed by atoms with E-state index in [0.717, 1.165) is 5.56 Å². The maximum atomic E-state index is 13.8. The molecule has 100 valence electrons. The predicted molar refractivity (Wildman–Crippen MR) is 76.0 cm³/mol. The molecule has 0 aliphatic carbocycles. The minimum Gasteiger partial charge on any atom is -0.394 e. The summed E-state index contributed by atoms with van der Waals surface area (Å²) in [4.78, 5) is 0. The molecule has 0 bridgehead atoms. The molecule has 2 aromatic rings. The highest BCUT2D eigenvalue weighted by atomic mass is 35.5. The van der Waals surface area contributed by atoms with Gasteiger partial charge in [-0.1, -0.05) is 41.4 Å². The van der Waals surface area contributed by atoms with E-state index in [-0.39, 0.29) is 12.4 Å². The summed E-state index contributed by atoms with van der Waals surface area (Å²) in [6.07, 6.45) is 0. The van der Waals surface area contributed by atoms with E-state index in [1.165, 1.54) is 6.07 Å². The van der Waals surface area contributed by atoms with Crippen LogP contribution < -0.4 is 5.32 Å². The topological polar surface area (TPSA) is 32.3 Å². The zero-order valence-corrected chi connectivity index (χ0v) is 11.3. The normalized spacial score (nSPS) is 12.2. The van der Waals surface area contributed by atoms with Crippen molar-refractivity contribution in [3.05, 3.63) is 64.4 Å². The molecule has 2 nitrogen and oxygen atoms in total. The van der Waals surface area contributed by atoms with Crippen LogP contribution >= 0.6 is 11.6 Å². The number of rotatable bonds is 4. The van der Waals surface area contributed by atoms with Gasteiger partial charge in [0.1, 0.15) is 5.82 Å². The monoisotopic (exact) mass is 279 g/mol. The van der Waals surface area contributed by atoms with Crippen LogP contribution in [0.25, 0.3) is 0 Å². The van der Waals surface area contributed by atoms with E-state index in [4.69, 9.17) is 11.6 Å². The Labute approximate surface area is 116 Å². The van der Waals surface area contributed by atoms with Crippen LogP contribution in [0, 0.1) is 12.7 Å². The zero-order chi connectivity index (χ0) is 13.8. The standard InChI is InChI=1S/C15H15ClFNO/c1-10-6-7-13(17)11(8-10)15(9-19)18-14-5-3-2-4-12(14)16/h2-8,15,18-19H,9H2,1H3. The number of benzene rings is 2. The number of nitrogens with one attached hydrogen (secondary N) is 1. The quantitative estimate of drug-likeness (QED) is 0.889. The van der Waals surface area contributed by atoms with Crippen LogP contribution in [-0.4, -0.2) is 11.7 Å². The van der Waals surface area contributed by atoms with E-state index in [0.29, 0.717) is 16.3 Å². The number of para-hydroxylation sites is 1. The molecule has 2 rings (SSSR count). The van der Waals surface area contributed by atoms with E-state index >= 15 is 0 Å². The molecule has 2 aromatic carbocycles. The first-order chi connectivity index (χ1) is 9.11. The van der Waals surface area contributed by atoms with Gasteiger partial charge in [-0.15, -0.1) is 0 Å². The molecule has 0 heterocycles. The average molecular weight is 280 g/mol. The van der Waals surface area contributed by atoms with Gasteiger partial charge >= 0.3 is 0 Å². The summed E-state index contributed by atoms with van der Waals surface area (Å²) in [5.74, 6) is -0.343. The van der Waals surface area contributed by atoms with Crippen molar-refractivity contribution in [2.24, 2.45) is 0 Å². The molecule has 0 aliphatic heterocycles. The fourth-order valence-corrected chi connectivity index (χ4v) is 2.11. The van der Waals surface area contributed by atoms with Gasteiger partial charge in [-0.3, -0.25) is 0 Å². The van der Waals surface area contributed by atoms with E-state index < -0.39 is 6.04 Å².